The third-order valence-electron chi connectivity index (χ3n) is 5.92. The normalized spacial score (nSPS) is 14.2. The SMILES string of the molecule is Fc1cccc2[nH]c(CNc3nc(C4=CCNCC4)cn4c(-c5cnn(C(F)F)c5)cnc34)nc12. The summed E-state index contributed by atoms with van der Waals surface area (Å²) in [7, 11) is 0. The van der Waals surface area contributed by atoms with Gasteiger partial charge in [0.25, 0.3) is 0 Å². The minimum atomic E-state index is -2.73. The third kappa shape index (κ3) is 3.91. The van der Waals surface area contributed by atoms with Gasteiger partial charge in [-0.2, -0.15) is 13.9 Å². The monoisotopic (exact) mass is 479 g/mol. The number of nitrogens with zero attached hydrogens (tertiary/aromatic N) is 6. The highest BCUT2D eigenvalue weighted by Crippen LogP contribution is 2.28. The molecule has 1 aromatic carbocycles. The van der Waals surface area contributed by atoms with Crippen molar-refractivity contribution in [3.05, 3.63) is 66.4 Å². The van der Waals surface area contributed by atoms with Gasteiger partial charge in [-0.3, -0.25) is 4.40 Å². The number of H-pyrrole nitrogens is 1. The fraction of sp³-hybridized carbons (Fsp3) is 0.217. The molecule has 178 valence electrons. The molecule has 1 aliphatic rings. The number of hydrogen-bond acceptors (Lipinski definition) is 6. The van der Waals surface area contributed by atoms with E-state index < -0.39 is 12.4 Å². The second-order valence-corrected chi connectivity index (χ2v) is 8.16. The van der Waals surface area contributed by atoms with Gasteiger partial charge in [0.05, 0.1) is 35.8 Å². The second-order valence-electron chi connectivity index (χ2n) is 8.16. The summed E-state index contributed by atoms with van der Waals surface area (Å²) in [6, 6.07) is 4.75. The van der Waals surface area contributed by atoms with Crippen molar-refractivity contribution in [2.24, 2.45) is 0 Å². The fourth-order valence-corrected chi connectivity index (χ4v) is 4.21. The van der Waals surface area contributed by atoms with Crippen molar-refractivity contribution in [1.29, 1.82) is 0 Å². The Balaban J connectivity index is 1.41. The van der Waals surface area contributed by atoms with Gasteiger partial charge in [-0.25, -0.2) is 24.0 Å². The van der Waals surface area contributed by atoms with Crippen LogP contribution in [0.4, 0.5) is 19.0 Å². The first-order valence-corrected chi connectivity index (χ1v) is 11.0. The largest absolute Gasteiger partial charge is 0.360 e. The summed E-state index contributed by atoms with van der Waals surface area (Å²) in [6.07, 6.45) is 9.01. The Kier molecular flexibility index (Phi) is 5.21. The molecule has 35 heavy (non-hydrogen) atoms. The molecule has 5 aromatic rings. The van der Waals surface area contributed by atoms with E-state index in [-0.39, 0.29) is 12.1 Å². The van der Waals surface area contributed by atoms with Crippen LogP contribution < -0.4 is 10.6 Å². The molecule has 6 rings (SSSR count). The number of aromatic amines is 1. The summed E-state index contributed by atoms with van der Waals surface area (Å²) in [4.78, 5) is 16.7. The number of nitrogens with one attached hydrogen (secondary N) is 3. The van der Waals surface area contributed by atoms with Crippen LogP contribution in [0, 0.1) is 5.82 Å². The molecular formula is C23H20F3N9. The number of halogens is 3. The van der Waals surface area contributed by atoms with E-state index in [1.165, 1.54) is 18.5 Å². The van der Waals surface area contributed by atoms with E-state index in [9.17, 15) is 13.2 Å². The molecule has 4 aromatic heterocycles. The molecule has 1 aliphatic heterocycles. The van der Waals surface area contributed by atoms with Crippen molar-refractivity contribution < 1.29 is 13.2 Å². The highest BCUT2D eigenvalue weighted by atomic mass is 19.3. The van der Waals surface area contributed by atoms with Crippen molar-refractivity contribution in [3.63, 3.8) is 0 Å². The van der Waals surface area contributed by atoms with Crippen LogP contribution in [0.5, 0.6) is 0 Å². The lowest BCUT2D eigenvalue weighted by molar-refractivity contribution is 0.0566. The van der Waals surface area contributed by atoms with E-state index in [4.69, 9.17) is 4.98 Å². The van der Waals surface area contributed by atoms with Crippen LogP contribution in [0.3, 0.4) is 0 Å². The molecule has 9 nitrogen and oxygen atoms in total. The smallest absolute Gasteiger partial charge is 0.333 e. The Labute approximate surface area is 196 Å². The Bertz CT molecular complexity index is 1560. The molecule has 0 amide bonds. The van der Waals surface area contributed by atoms with E-state index in [0.717, 1.165) is 30.8 Å². The molecule has 0 saturated heterocycles. The van der Waals surface area contributed by atoms with Gasteiger partial charge in [0.1, 0.15) is 11.3 Å². The average molecular weight is 479 g/mol. The highest BCUT2D eigenvalue weighted by molar-refractivity contribution is 5.76. The van der Waals surface area contributed by atoms with E-state index in [1.807, 2.05) is 10.6 Å². The third-order valence-corrected chi connectivity index (χ3v) is 5.92. The second kappa shape index (κ2) is 8.55. The first kappa shape index (κ1) is 21.4. The molecule has 0 fully saturated rings. The van der Waals surface area contributed by atoms with Crippen molar-refractivity contribution >= 4 is 28.1 Å². The molecule has 0 aliphatic carbocycles. The molecule has 5 heterocycles. The molecule has 0 radical (unpaired) electrons. The van der Waals surface area contributed by atoms with Gasteiger partial charge in [0.15, 0.2) is 17.3 Å². The maximum Gasteiger partial charge on any atom is 0.333 e. The summed E-state index contributed by atoms with van der Waals surface area (Å²) in [5, 5.41) is 10.3. The number of aromatic nitrogens is 7. The molecule has 0 spiro atoms. The lowest BCUT2D eigenvalue weighted by atomic mass is 10.1. The van der Waals surface area contributed by atoms with Crippen LogP contribution in [-0.2, 0) is 6.54 Å². The minimum Gasteiger partial charge on any atom is -0.360 e. The molecule has 0 saturated carbocycles. The zero-order valence-corrected chi connectivity index (χ0v) is 18.3. The summed E-state index contributed by atoms with van der Waals surface area (Å²) < 4.78 is 42.6. The van der Waals surface area contributed by atoms with E-state index in [2.05, 4.69) is 36.8 Å². The number of benzene rings is 1. The minimum absolute atomic E-state index is 0.256. The van der Waals surface area contributed by atoms with Gasteiger partial charge in [-0.05, 0) is 30.7 Å². The number of para-hydroxylation sites is 1. The van der Waals surface area contributed by atoms with Crippen molar-refractivity contribution in [3.8, 4) is 11.3 Å². The van der Waals surface area contributed by atoms with Crippen LogP contribution in [-0.4, -0.2) is 47.2 Å². The molecule has 0 bridgehead atoms. The molecule has 0 unspecified atom stereocenters. The van der Waals surface area contributed by atoms with Crippen molar-refractivity contribution in [1.82, 2.24) is 39.4 Å². The number of hydrogen-bond donors (Lipinski definition) is 3. The predicted molar refractivity (Wildman–Crippen MR) is 124 cm³/mol. The maximum absolute atomic E-state index is 14.1. The Morgan fingerprint density at radius 3 is 2.83 bits per heavy atom. The van der Waals surface area contributed by atoms with Crippen LogP contribution in [0.2, 0.25) is 0 Å². The van der Waals surface area contributed by atoms with Crippen LogP contribution in [0.1, 0.15) is 24.5 Å². The van der Waals surface area contributed by atoms with E-state index in [1.54, 1.807) is 18.3 Å². The van der Waals surface area contributed by atoms with Gasteiger partial charge in [0, 0.05) is 24.5 Å². The summed E-state index contributed by atoms with van der Waals surface area (Å²) in [6.45, 7) is -0.908. The summed E-state index contributed by atoms with van der Waals surface area (Å²) in [5.41, 5.74) is 4.33. The van der Waals surface area contributed by atoms with E-state index >= 15 is 0 Å². The quantitative estimate of drug-likeness (QED) is 0.341. The lowest BCUT2D eigenvalue weighted by Crippen LogP contribution is -2.20. The Hall–Kier alpha value is -4.19. The number of imidazole rings is 2. The highest BCUT2D eigenvalue weighted by Gasteiger charge is 2.18. The average Bonchev–Trinajstić information content (AvgIpc) is 3.61. The van der Waals surface area contributed by atoms with Crippen molar-refractivity contribution in [2.75, 3.05) is 18.4 Å². The van der Waals surface area contributed by atoms with Crippen molar-refractivity contribution in [2.45, 2.75) is 19.5 Å². The van der Waals surface area contributed by atoms with E-state index in [0.29, 0.717) is 38.7 Å². The summed E-state index contributed by atoms with van der Waals surface area (Å²) in [5.74, 6) is 0.643. The molecule has 3 N–H and O–H groups in total. The first-order valence-electron chi connectivity index (χ1n) is 11.0. The number of rotatable bonds is 6. The van der Waals surface area contributed by atoms with Crippen LogP contribution in [0.25, 0.3) is 33.5 Å². The van der Waals surface area contributed by atoms with Gasteiger partial charge < -0.3 is 15.6 Å². The van der Waals surface area contributed by atoms with Gasteiger partial charge in [0.2, 0.25) is 0 Å². The van der Waals surface area contributed by atoms with Gasteiger partial charge >= 0.3 is 6.55 Å². The number of anilines is 1. The first-order chi connectivity index (χ1) is 17.1. The maximum atomic E-state index is 14.1. The van der Waals surface area contributed by atoms with Crippen LogP contribution in [0.15, 0.2) is 49.1 Å². The molecule has 0 atom stereocenters. The predicted octanol–water partition coefficient (Wildman–Crippen LogP) is 3.99. The molecular weight excluding hydrogens is 459 g/mol. The Morgan fingerprint density at radius 1 is 1.14 bits per heavy atom. The lowest BCUT2D eigenvalue weighted by Gasteiger charge is -2.16. The molecule has 12 heteroatoms. The zero-order chi connectivity index (χ0) is 23.9. The standard InChI is InChI=1S/C23H20F3N9/c24-15-2-1-3-16-20(15)33-19(31-16)10-28-21-22-29-9-18(14-8-30-35(11-14)23(25)26)34(22)12-17(32-21)13-4-6-27-7-5-13/h1-4,8-9,11-12,23,27H,5-7,10H2,(H,28,32)(H,31,33). The number of fused-ring (bicyclic) bond motifs is 2. The van der Waals surface area contributed by atoms with Gasteiger partial charge in [-0.15, -0.1) is 0 Å². The van der Waals surface area contributed by atoms with Gasteiger partial charge in [-0.1, -0.05) is 12.1 Å². The summed E-state index contributed by atoms with van der Waals surface area (Å²) >= 11 is 0. The number of alkyl halides is 2. The Morgan fingerprint density at radius 2 is 2.06 bits per heavy atom. The zero-order valence-electron chi connectivity index (χ0n) is 18.3. The fourth-order valence-electron chi connectivity index (χ4n) is 4.21. The topological polar surface area (TPSA) is 101 Å². The van der Waals surface area contributed by atoms with Crippen LogP contribution >= 0.6 is 0 Å².